The molecule has 15 heavy (non-hydrogen) atoms. The van der Waals surface area contributed by atoms with Gasteiger partial charge in [0.25, 0.3) is 0 Å². The molecule has 3 heteroatoms. The predicted molar refractivity (Wildman–Crippen MR) is 58.7 cm³/mol. The Kier molecular flexibility index (Phi) is 2.75. The van der Waals surface area contributed by atoms with Crippen LogP contribution in [0.25, 0.3) is 0 Å². The topological polar surface area (TPSA) is 40.5 Å². The molecule has 0 amide bonds. The Hall–Kier alpha value is -0.570. The maximum Gasteiger partial charge on any atom is 0.308 e. The second-order valence-electron chi connectivity index (χ2n) is 5.39. The third-order valence-corrected chi connectivity index (χ3v) is 4.60. The number of nitrogens with zero attached hydrogens (tertiary/aromatic N) is 1. The van der Waals surface area contributed by atoms with Gasteiger partial charge >= 0.3 is 5.97 Å². The standard InChI is InChI=1S/C12H21NO2/c1-9-3-6-12(7-4-9)10(11(14)15)5-8-13(12)2/h9-10H,3-8H2,1-2H3,(H,14,15). The minimum atomic E-state index is -0.589. The number of likely N-dealkylation sites (tertiary alicyclic amines) is 1. The Balaban J connectivity index is 2.19. The highest BCUT2D eigenvalue weighted by atomic mass is 16.4. The minimum absolute atomic E-state index is 0.0155. The van der Waals surface area contributed by atoms with Crippen molar-refractivity contribution in [2.75, 3.05) is 13.6 Å². The zero-order valence-corrected chi connectivity index (χ0v) is 9.70. The SMILES string of the molecule is CC1CCC2(CC1)C(C(=O)O)CCN2C. The molecule has 2 fully saturated rings. The van der Waals surface area contributed by atoms with E-state index in [2.05, 4.69) is 18.9 Å². The zero-order valence-electron chi connectivity index (χ0n) is 9.70. The monoisotopic (exact) mass is 211 g/mol. The lowest BCUT2D eigenvalue weighted by Crippen LogP contribution is -2.50. The highest BCUT2D eigenvalue weighted by Crippen LogP contribution is 2.46. The van der Waals surface area contributed by atoms with Gasteiger partial charge < -0.3 is 5.11 Å². The second kappa shape index (κ2) is 3.78. The number of carboxylic acid groups (broad SMARTS) is 1. The molecule has 1 aliphatic heterocycles. The van der Waals surface area contributed by atoms with E-state index in [0.717, 1.165) is 31.7 Å². The summed E-state index contributed by atoms with van der Waals surface area (Å²) in [4.78, 5) is 13.6. The summed E-state index contributed by atoms with van der Waals surface area (Å²) in [7, 11) is 2.10. The van der Waals surface area contributed by atoms with E-state index in [9.17, 15) is 9.90 Å². The van der Waals surface area contributed by atoms with E-state index in [0.29, 0.717) is 0 Å². The second-order valence-corrected chi connectivity index (χ2v) is 5.39. The molecule has 1 N–H and O–H groups in total. The van der Waals surface area contributed by atoms with E-state index >= 15 is 0 Å². The van der Waals surface area contributed by atoms with Gasteiger partial charge in [0.05, 0.1) is 5.92 Å². The van der Waals surface area contributed by atoms with Crippen LogP contribution in [0, 0.1) is 11.8 Å². The van der Waals surface area contributed by atoms with Crippen molar-refractivity contribution in [2.45, 2.75) is 44.6 Å². The Morgan fingerprint density at radius 2 is 1.93 bits per heavy atom. The Morgan fingerprint density at radius 1 is 1.33 bits per heavy atom. The molecular formula is C12H21NO2. The molecule has 3 nitrogen and oxygen atoms in total. The summed E-state index contributed by atoms with van der Waals surface area (Å²) in [5.74, 6) is 0.0583. The van der Waals surface area contributed by atoms with Crippen molar-refractivity contribution in [1.29, 1.82) is 0 Å². The third-order valence-electron chi connectivity index (χ3n) is 4.60. The molecule has 1 aliphatic carbocycles. The van der Waals surface area contributed by atoms with Crippen LogP contribution in [0.15, 0.2) is 0 Å². The maximum atomic E-state index is 11.3. The molecule has 1 heterocycles. The van der Waals surface area contributed by atoms with Crippen molar-refractivity contribution in [2.24, 2.45) is 11.8 Å². The van der Waals surface area contributed by atoms with E-state index in [-0.39, 0.29) is 11.5 Å². The number of hydrogen-bond donors (Lipinski definition) is 1. The quantitative estimate of drug-likeness (QED) is 0.721. The van der Waals surface area contributed by atoms with E-state index in [1.165, 1.54) is 12.8 Å². The molecule has 0 aromatic heterocycles. The molecule has 0 bridgehead atoms. The number of aliphatic carboxylic acids is 1. The molecule has 0 radical (unpaired) electrons. The van der Waals surface area contributed by atoms with E-state index in [1.54, 1.807) is 0 Å². The fraction of sp³-hybridized carbons (Fsp3) is 0.917. The summed E-state index contributed by atoms with van der Waals surface area (Å²) in [5.41, 5.74) is -0.0155. The Bertz CT molecular complexity index is 256. The first-order valence-corrected chi connectivity index (χ1v) is 6.00. The molecule has 1 spiro atoms. The van der Waals surface area contributed by atoms with Crippen molar-refractivity contribution >= 4 is 5.97 Å². The number of rotatable bonds is 1. The van der Waals surface area contributed by atoms with E-state index in [1.807, 2.05) is 0 Å². The lowest BCUT2D eigenvalue weighted by atomic mass is 9.70. The van der Waals surface area contributed by atoms with Crippen molar-refractivity contribution in [3.63, 3.8) is 0 Å². The molecule has 2 aliphatic rings. The first kappa shape index (κ1) is 10.9. The fourth-order valence-electron chi connectivity index (χ4n) is 3.43. The Labute approximate surface area is 91.5 Å². The van der Waals surface area contributed by atoms with Crippen LogP contribution >= 0.6 is 0 Å². The van der Waals surface area contributed by atoms with Gasteiger partial charge in [0.1, 0.15) is 0 Å². The van der Waals surface area contributed by atoms with Crippen LogP contribution in [0.3, 0.4) is 0 Å². The van der Waals surface area contributed by atoms with Crippen molar-refractivity contribution in [3.05, 3.63) is 0 Å². The highest BCUT2D eigenvalue weighted by Gasteiger charge is 2.51. The first-order valence-electron chi connectivity index (χ1n) is 6.00. The van der Waals surface area contributed by atoms with Gasteiger partial charge in [0, 0.05) is 5.54 Å². The van der Waals surface area contributed by atoms with Crippen LogP contribution in [0.2, 0.25) is 0 Å². The van der Waals surface area contributed by atoms with Crippen molar-refractivity contribution in [3.8, 4) is 0 Å². The molecule has 0 aromatic carbocycles. The molecule has 1 saturated heterocycles. The smallest absolute Gasteiger partial charge is 0.308 e. The lowest BCUT2D eigenvalue weighted by Gasteiger charge is -2.44. The van der Waals surface area contributed by atoms with Crippen molar-refractivity contribution in [1.82, 2.24) is 4.90 Å². The van der Waals surface area contributed by atoms with Crippen LogP contribution in [0.4, 0.5) is 0 Å². The summed E-state index contributed by atoms with van der Waals surface area (Å²) >= 11 is 0. The highest BCUT2D eigenvalue weighted by molar-refractivity contribution is 5.72. The van der Waals surface area contributed by atoms with E-state index in [4.69, 9.17) is 0 Å². The maximum absolute atomic E-state index is 11.3. The average molecular weight is 211 g/mol. The molecule has 1 saturated carbocycles. The van der Waals surface area contributed by atoms with Gasteiger partial charge in [-0.05, 0) is 51.6 Å². The summed E-state index contributed by atoms with van der Waals surface area (Å²) in [6.45, 7) is 3.23. The van der Waals surface area contributed by atoms with Crippen LogP contribution in [0.5, 0.6) is 0 Å². The predicted octanol–water partition coefficient (Wildman–Crippen LogP) is 1.97. The molecule has 86 valence electrons. The van der Waals surface area contributed by atoms with Gasteiger partial charge in [-0.2, -0.15) is 0 Å². The fourth-order valence-corrected chi connectivity index (χ4v) is 3.43. The molecule has 1 atom stereocenters. The van der Waals surface area contributed by atoms with Crippen LogP contribution in [0.1, 0.15) is 39.0 Å². The van der Waals surface area contributed by atoms with E-state index < -0.39 is 5.97 Å². The molecule has 1 unspecified atom stereocenters. The largest absolute Gasteiger partial charge is 0.481 e. The summed E-state index contributed by atoms with van der Waals surface area (Å²) in [6, 6.07) is 0. The normalized spacial score (nSPS) is 42.3. The average Bonchev–Trinajstić information content (AvgIpc) is 2.50. The summed E-state index contributed by atoms with van der Waals surface area (Å²) < 4.78 is 0. The number of carboxylic acids is 1. The van der Waals surface area contributed by atoms with Gasteiger partial charge in [-0.15, -0.1) is 0 Å². The van der Waals surface area contributed by atoms with Crippen LogP contribution in [-0.2, 0) is 4.79 Å². The summed E-state index contributed by atoms with van der Waals surface area (Å²) in [5, 5.41) is 9.29. The number of hydrogen-bond acceptors (Lipinski definition) is 2. The molecule has 2 rings (SSSR count). The number of carbonyl (C=O) groups is 1. The van der Waals surface area contributed by atoms with Crippen LogP contribution in [-0.4, -0.2) is 35.1 Å². The summed E-state index contributed by atoms with van der Waals surface area (Å²) in [6.07, 6.45) is 5.35. The van der Waals surface area contributed by atoms with Crippen molar-refractivity contribution < 1.29 is 9.90 Å². The molecule has 0 aromatic rings. The van der Waals surface area contributed by atoms with Gasteiger partial charge in [-0.25, -0.2) is 0 Å². The van der Waals surface area contributed by atoms with Gasteiger partial charge in [0.15, 0.2) is 0 Å². The Morgan fingerprint density at radius 3 is 2.47 bits per heavy atom. The minimum Gasteiger partial charge on any atom is -0.481 e. The zero-order chi connectivity index (χ0) is 11.1. The first-order chi connectivity index (χ1) is 7.06. The lowest BCUT2D eigenvalue weighted by molar-refractivity contribution is -0.145. The van der Waals surface area contributed by atoms with Crippen LogP contribution < -0.4 is 0 Å². The third kappa shape index (κ3) is 1.67. The molecular weight excluding hydrogens is 190 g/mol. The van der Waals surface area contributed by atoms with Gasteiger partial charge in [0.2, 0.25) is 0 Å². The van der Waals surface area contributed by atoms with Gasteiger partial charge in [-0.1, -0.05) is 6.92 Å². The van der Waals surface area contributed by atoms with Gasteiger partial charge in [-0.3, -0.25) is 9.69 Å².